The molecule has 2 rings (SSSR count). The first kappa shape index (κ1) is 7.86. The highest BCUT2D eigenvalue weighted by Gasteiger charge is 2.01. The molecule has 0 atom stereocenters. The number of aromatic nitrogens is 2. The van der Waals surface area contributed by atoms with Gasteiger partial charge in [0.2, 0.25) is 0 Å². The molecule has 0 radical (unpaired) electrons. The van der Waals surface area contributed by atoms with Gasteiger partial charge in [0.1, 0.15) is 0 Å². The molecular formula is C10H11N3. The Labute approximate surface area is 76.8 Å². The third kappa shape index (κ3) is 1.28. The van der Waals surface area contributed by atoms with Gasteiger partial charge in [-0.1, -0.05) is 12.1 Å². The van der Waals surface area contributed by atoms with Crippen LogP contribution in [0.3, 0.4) is 0 Å². The molecule has 0 saturated heterocycles. The highest BCUT2D eigenvalue weighted by Crippen LogP contribution is 2.19. The van der Waals surface area contributed by atoms with Crippen molar-refractivity contribution >= 4 is 5.69 Å². The predicted molar refractivity (Wildman–Crippen MR) is 52.7 cm³/mol. The molecule has 0 aliphatic heterocycles. The lowest BCUT2D eigenvalue weighted by molar-refractivity contribution is 1.06. The normalized spacial score (nSPS) is 10.2. The van der Waals surface area contributed by atoms with Crippen molar-refractivity contribution in [1.29, 1.82) is 0 Å². The number of benzene rings is 1. The van der Waals surface area contributed by atoms with Gasteiger partial charge in [-0.15, -0.1) is 0 Å². The number of rotatable bonds is 1. The molecule has 0 aliphatic rings. The van der Waals surface area contributed by atoms with Crippen LogP contribution in [0.5, 0.6) is 0 Å². The molecule has 0 aliphatic carbocycles. The number of anilines is 1. The summed E-state index contributed by atoms with van der Waals surface area (Å²) in [5.41, 5.74) is 8.80. The van der Waals surface area contributed by atoms with Gasteiger partial charge in [0, 0.05) is 12.4 Å². The van der Waals surface area contributed by atoms with E-state index in [9.17, 15) is 0 Å². The van der Waals surface area contributed by atoms with Crippen molar-refractivity contribution < 1.29 is 0 Å². The number of nitrogen functional groups attached to an aromatic ring is 1. The Morgan fingerprint density at radius 2 is 2.23 bits per heavy atom. The number of nitrogens with two attached hydrogens (primary N) is 1. The minimum atomic E-state index is 0.806. The van der Waals surface area contributed by atoms with Crippen LogP contribution >= 0.6 is 0 Å². The third-order valence-corrected chi connectivity index (χ3v) is 2.08. The molecule has 66 valence electrons. The van der Waals surface area contributed by atoms with Crippen LogP contribution in [0.4, 0.5) is 5.69 Å². The van der Waals surface area contributed by atoms with Crippen molar-refractivity contribution in [1.82, 2.24) is 9.55 Å². The van der Waals surface area contributed by atoms with Crippen LogP contribution in [0, 0.1) is 6.92 Å². The van der Waals surface area contributed by atoms with Crippen molar-refractivity contribution in [2.45, 2.75) is 6.92 Å². The Balaban J connectivity index is 2.59. The van der Waals surface area contributed by atoms with E-state index in [2.05, 4.69) is 4.98 Å². The van der Waals surface area contributed by atoms with Crippen LogP contribution in [-0.2, 0) is 0 Å². The highest BCUT2D eigenvalue weighted by atomic mass is 15.0. The van der Waals surface area contributed by atoms with Crippen LogP contribution in [-0.4, -0.2) is 9.55 Å². The summed E-state index contributed by atoms with van der Waals surface area (Å²) in [6, 6.07) is 5.96. The fraction of sp³-hybridized carbons (Fsp3) is 0.100. The van der Waals surface area contributed by atoms with E-state index in [4.69, 9.17) is 5.73 Å². The molecule has 3 nitrogen and oxygen atoms in total. The van der Waals surface area contributed by atoms with Gasteiger partial charge in [-0.25, -0.2) is 4.98 Å². The van der Waals surface area contributed by atoms with Crippen molar-refractivity contribution in [2.24, 2.45) is 0 Å². The van der Waals surface area contributed by atoms with Crippen LogP contribution in [0.1, 0.15) is 5.56 Å². The van der Waals surface area contributed by atoms with E-state index in [0.29, 0.717) is 0 Å². The maximum Gasteiger partial charge on any atom is 0.0992 e. The molecule has 0 saturated carbocycles. The molecule has 0 amide bonds. The van der Waals surface area contributed by atoms with Crippen LogP contribution in [0.15, 0.2) is 36.9 Å². The van der Waals surface area contributed by atoms with Gasteiger partial charge in [0.25, 0.3) is 0 Å². The first-order valence-electron chi connectivity index (χ1n) is 4.12. The first-order chi connectivity index (χ1) is 6.29. The average Bonchev–Trinajstić information content (AvgIpc) is 2.62. The minimum absolute atomic E-state index is 0.806. The lowest BCUT2D eigenvalue weighted by Gasteiger charge is -2.07. The molecule has 1 heterocycles. The number of hydrogen-bond donors (Lipinski definition) is 1. The van der Waals surface area contributed by atoms with Crippen molar-refractivity contribution in [3.63, 3.8) is 0 Å². The van der Waals surface area contributed by atoms with Gasteiger partial charge in [-0.2, -0.15) is 0 Å². The van der Waals surface area contributed by atoms with Gasteiger partial charge in [-0.05, 0) is 18.6 Å². The Bertz CT molecular complexity index is 404. The highest BCUT2D eigenvalue weighted by molar-refractivity contribution is 5.62. The van der Waals surface area contributed by atoms with E-state index in [1.807, 2.05) is 35.9 Å². The smallest absolute Gasteiger partial charge is 0.0992 e. The Kier molecular flexibility index (Phi) is 1.77. The zero-order chi connectivity index (χ0) is 9.26. The van der Waals surface area contributed by atoms with Crippen molar-refractivity contribution in [3.8, 4) is 5.69 Å². The van der Waals surface area contributed by atoms with Gasteiger partial charge < -0.3 is 10.3 Å². The second kappa shape index (κ2) is 2.94. The molecule has 2 aromatic rings. The SMILES string of the molecule is Cc1cccc(-n2ccnc2)c1N. The Morgan fingerprint density at radius 3 is 2.92 bits per heavy atom. The third-order valence-electron chi connectivity index (χ3n) is 2.08. The quantitative estimate of drug-likeness (QED) is 0.668. The first-order valence-corrected chi connectivity index (χ1v) is 4.12. The lowest BCUT2D eigenvalue weighted by atomic mass is 10.2. The van der Waals surface area contributed by atoms with Crippen LogP contribution in [0.2, 0.25) is 0 Å². The summed E-state index contributed by atoms with van der Waals surface area (Å²) >= 11 is 0. The number of nitrogens with zero attached hydrogens (tertiary/aromatic N) is 2. The van der Waals surface area contributed by atoms with Gasteiger partial charge >= 0.3 is 0 Å². The van der Waals surface area contributed by atoms with Crippen LogP contribution < -0.4 is 5.73 Å². The minimum Gasteiger partial charge on any atom is -0.397 e. The number of hydrogen-bond acceptors (Lipinski definition) is 2. The molecule has 0 unspecified atom stereocenters. The summed E-state index contributed by atoms with van der Waals surface area (Å²) < 4.78 is 1.91. The number of imidazole rings is 1. The fourth-order valence-corrected chi connectivity index (χ4v) is 1.29. The van der Waals surface area contributed by atoms with Crippen molar-refractivity contribution in [2.75, 3.05) is 5.73 Å². The topological polar surface area (TPSA) is 43.8 Å². The second-order valence-electron chi connectivity index (χ2n) is 2.98. The zero-order valence-electron chi connectivity index (χ0n) is 7.44. The molecule has 0 spiro atoms. The second-order valence-corrected chi connectivity index (χ2v) is 2.98. The summed E-state index contributed by atoms with van der Waals surface area (Å²) in [4.78, 5) is 3.98. The maximum atomic E-state index is 5.93. The molecule has 1 aromatic carbocycles. The zero-order valence-corrected chi connectivity index (χ0v) is 7.44. The van der Waals surface area contributed by atoms with Gasteiger partial charge in [-0.3, -0.25) is 0 Å². The molecule has 3 heteroatoms. The van der Waals surface area contributed by atoms with E-state index >= 15 is 0 Å². The molecule has 0 bridgehead atoms. The summed E-state index contributed by atoms with van der Waals surface area (Å²) in [5.74, 6) is 0. The number of aryl methyl sites for hydroxylation is 1. The van der Waals surface area contributed by atoms with Gasteiger partial charge in [0.15, 0.2) is 0 Å². The Morgan fingerprint density at radius 1 is 1.38 bits per heavy atom. The summed E-state index contributed by atoms with van der Waals surface area (Å²) in [6.45, 7) is 2.00. The average molecular weight is 173 g/mol. The largest absolute Gasteiger partial charge is 0.397 e. The monoisotopic (exact) mass is 173 g/mol. The molecule has 1 aromatic heterocycles. The van der Waals surface area contributed by atoms with E-state index in [1.54, 1.807) is 12.5 Å². The van der Waals surface area contributed by atoms with E-state index < -0.39 is 0 Å². The van der Waals surface area contributed by atoms with E-state index in [0.717, 1.165) is 16.9 Å². The van der Waals surface area contributed by atoms with Crippen LogP contribution in [0.25, 0.3) is 5.69 Å². The fourth-order valence-electron chi connectivity index (χ4n) is 1.29. The van der Waals surface area contributed by atoms with E-state index in [-0.39, 0.29) is 0 Å². The molecule has 2 N–H and O–H groups in total. The maximum absolute atomic E-state index is 5.93. The van der Waals surface area contributed by atoms with E-state index in [1.165, 1.54) is 0 Å². The standard InChI is InChI=1S/C10H11N3/c1-8-3-2-4-9(10(8)11)13-6-5-12-7-13/h2-7H,11H2,1H3. The Hall–Kier alpha value is -1.77. The summed E-state index contributed by atoms with van der Waals surface area (Å²) in [7, 11) is 0. The lowest BCUT2D eigenvalue weighted by Crippen LogP contribution is -1.99. The summed E-state index contributed by atoms with van der Waals surface area (Å²) in [5, 5.41) is 0. The molecular weight excluding hydrogens is 162 g/mol. The molecule has 0 fully saturated rings. The predicted octanol–water partition coefficient (Wildman–Crippen LogP) is 1.76. The summed E-state index contributed by atoms with van der Waals surface area (Å²) in [6.07, 6.45) is 5.36. The van der Waals surface area contributed by atoms with Crippen molar-refractivity contribution in [3.05, 3.63) is 42.5 Å². The number of para-hydroxylation sites is 1. The van der Waals surface area contributed by atoms with Gasteiger partial charge in [0.05, 0.1) is 17.7 Å². The molecule has 13 heavy (non-hydrogen) atoms.